The number of ether oxygens (including phenoxy) is 3. The fraction of sp³-hybridized carbons (Fsp3) is 0.444. The quantitative estimate of drug-likeness (QED) is 0.0201. The summed E-state index contributed by atoms with van der Waals surface area (Å²) in [5.74, 6) is 6.21. The van der Waals surface area contributed by atoms with Crippen LogP contribution in [-0.2, 0) is 27.1 Å². The number of fused-ring (bicyclic) bond motifs is 1. The molecule has 0 bridgehead atoms. The molecule has 0 fully saturated rings. The van der Waals surface area contributed by atoms with Crippen LogP contribution in [0.4, 0.5) is 21.2 Å². The standard InChI is InChI=1S/C63H84FN9O5S2Si2/c1-47-43-57(67-68-59(47)66-62-73(46-76-41-42-81(11,12)13)53-31-20-21-32-55(53)79-62)72(61-65-58(60(74)75-10)56(80-61)33-24-40-77-54-35-34-48(44-52(54)64)25-22-36-69(5)6)37-23-26-49(45-71(9)39-38-70(7)8)78-82(63(2,3)4,50-27-16-14-17-28-50)51-29-18-15-19-30-51/h14-21,27-32,34-35,43-44,49H,23-24,26,33,36-42,45-46H2,1-13H3/b66-62-. The highest BCUT2D eigenvalue weighted by Gasteiger charge is 2.51. The largest absolute Gasteiger partial charge is 0.491 e. The minimum absolute atomic E-state index is 0.140. The highest BCUT2D eigenvalue weighted by atomic mass is 32.1. The van der Waals surface area contributed by atoms with Crippen molar-refractivity contribution in [1.29, 1.82) is 0 Å². The number of esters is 1. The van der Waals surface area contributed by atoms with Gasteiger partial charge in [0.1, 0.15) is 6.73 Å². The third-order valence-electron chi connectivity index (χ3n) is 14.0. The molecule has 3 heterocycles. The predicted molar refractivity (Wildman–Crippen MR) is 340 cm³/mol. The summed E-state index contributed by atoms with van der Waals surface area (Å²) >= 11 is 2.99. The first kappa shape index (κ1) is 63.7. The normalized spacial score (nSPS) is 12.8. The number of thiazole rings is 2. The van der Waals surface area contributed by atoms with Gasteiger partial charge in [-0.2, -0.15) is 4.99 Å². The third kappa shape index (κ3) is 17.3. The Balaban J connectivity index is 1.24. The predicted octanol–water partition coefficient (Wildman–Crippen LogP) is 11.0. The number of benzene rings is 4. The summed E-state index contributed by atoms with van der Waals surface area (Å²) in [7, 11) is 7.35. The molecular weight excluding hydrogens is 1100 g/mol. The maximum absolute atomic E-state index is 15.2. The Morgan fingerprint density at radius 3 is 2.16 bits per heavy atom. The summed E-state index contributed by atoms with van der Waals surface area (Å²) in [5, 5.41) is 12.5. The number of aromatic nitrogens is 4. The second-order valence-corrected chi connectivity index (χ2v) is 35.6. The minimum Gasteiger partial charge on any atom is -0.491 e. The van der Waals surface area contributed by atoms with Gasteiger partial charge in [-0.15, -0.1) is 21.5 Å². The van der Waals surface area contributed by atoms with Gasteiger partial charge in [0, 0.05) is 51.3 Å². The molecule has 19 heteroatoms. The van der Waals surface area contributed by atoms with Gasteiger partial charge in [-0.25, -0.2) is 14.2 Å². The Morgan fingerprint density at radius 2 is 1.52 bits per heavy atom. The summed E-state index contributed by atoms with van der Waals surface area (Å²) in [6.45, 7) is 20.8. The number of nitrogens with zero attached hydrogens (tertiary/aromatic N) is 9. The molecule has 0 amide bonds. The van der Waals surface area contributed by atoms with E-state index >= 15 is 4.39 Å². The molecule has 438 valence electrons. The van der Waals surface area contributed by atoms with Crippen molar-refractivity contribution in [2.45, 2.75) is 96.9 Å². The Morgan fingerprint density at radius 1 is 0.829 bits per heavy atom. The molecule has 82 heavy (non-hydrogen) atoms. The molecule has 0 aliphatic heterocycles. The van der Waals surface area contributed by atoms with Crippen molar-refractivity contribution in [3.63, 3.8) is 0 Å². The van der Waals surface area contributed by atoms with Gasteiger partial charge in [-0.1, -0.05) is 136 Å². The van der Waals surface area contributed by atoms with E-state index in [0.29, 0.717) is 81.0 Å². The van der Waals surface area contributed by atoms with E-state index in [1.54, 1.807) is 23.5 Å². The number of para-hydroxylation sites is 1. The minimum atomic E-state index is -2.97. The zero-order valence-electron chi connectivity index (χ0n) is 50.4. The second-order valence-electron chi connectivity index (χ2n) is 23.6. The van der Waals surface area contributed by atoms with Crippen LogP contribution in [0.5, 0.6) is 5.75 Å². The van der Waals surface area contributed by atoms with Gasteiger partial charge in [-0.3, -0.25) is 9.47 Å². The lowest BCUT2D eigenvalue weighted by atomic mass is 10.2. The fourth-order valence-corrected chi connectivity index (χ4v) is 17.2. The first-order valence-corrected chi connectivity index (χ1v) is 35.5. The molecule has 0 spiro atoms. The van der Waals surface area contributed by atoms with Crippen molar-refractivity contribution in [3.8, 4) is 17.6 Å². The molecule has 0 aliphatic carbocycles. The van der Waals surface area contributed by atoms with Crippen LogP contribution in [0.2, 0.25) is 30.7 Å². The molecule has 0 N–H and O–H groups in total. The molecule has 0 radical (unpaired) electrons. The van der Waals surface area contributed by atoms with Gasteiger partial charge < -0.3 is 33.3 Å². The van der Waals surface area contributed by atoms with Gasteiger partial charge in [0.2, 0.25) is 0 Å². The second kappa shape index (κ2) is 29.5. The lowest BCUT2D eigenvalue weighted by Gasteiger charge is -2.46. The van der Waals surface area contributed by atoms with E-state index in [9.17, 15) is 4.79 Å². The highest BCUT2D eigenvalue weighted by Crippen LogP contribution is 2.39. The average molecular weight is 1190 g/mol. The van der Waals surface area contributed by atoms with E-state index in [2.05, 4.69) is 165 Å². The summed E-state index contributed by atoms with van der Waals surface area (Å²) in [5.41, 5.74) is 2.65. The van der Waals surface area contributed by atoms with Gasteiger partial charge in [-0.05, 0) is 131 Å². The van der Waals surface area contributed by atoms with E-state index in [4.69, 9.17) is 38.8 Å². The molecular formula is C63H84FN9O5S2Si2. The topological polar surface area (TPSA) is 123 Å². The monoisotopic (exact) mass is 1190 g/mol. The highest BCUT2D eigenvalue weighted by molar-refractivity contribution is 7.16. The lowest BCUT2D eigenvalue weighted by molar-refractivity contribution is 0.0593. The van der Waals surface area contributed by atoms with Crippen LogP contribution >= 0.6 is 22.7 Å². The number of rotatable bonds is 28. The molecule has 3 aromatic heterocycles. The van der Waals surface area contributed by atoms with Crippen LogP contribution in [0.1, 0.15) is 66.5 Å². The van der Waals surface area contributed by atoms with Crippen LogP contribution in [-0.4, -0.2) is 151 Å². The molecule has 1 unspecified atom stereocenters. The molecule has 1 atom stereocenters. The molecule has 4 aromatic carbocycles. The summed E-state index contributed by atoms with van der Waals surface area (Å²) in [6, 6.07) is 37.7. The van der Waals surface area contributed by atoms with Crippen molar-refractivity contribution >= 4 is 82.4 Å². The van der Waals surface area contributed by atoms with E-state index in [1.807, 2.05) is 44.1 Å². The smallest absolute Gasteiger partial charge is 0.357 e. The van der Waals surface area contributed by atoms with E-state index in [1.165, 1.54) is 34.9 Å². The number of methoxy groups -OCH3 is 1. The summed E-state index contributed by atoms with van der Waals surface area (Å²) in [4.78, 5) is 33.9. The van der Waals surface area contributed by atoms with Gasteiger partial charge in [0.05, 0.1) is 36.6 Å². The Kier molecular flexibility index (Phi) is 22.9. The molecule has 0 saturated heterocycles. The van der Waals surface area contributed by atoms with Crippen LogP contribution in [0, 0.1) is 24.6 Å². The first-order chi connectivity index (χ1) is 39.1. The van der Waals surface area contributed by atoms with Crippen molar-refractivity contribution in [1.82, 2.24) is 34.4 Å². The number of carbonyl (C=O) groups excluding carboxylic acids is 1. The average Bonchev–Trinajstić information content (AvgIpc) is 3.97. The van der Waals surface area contributed by atoms with E-state index in [-0.39, 0.29) is 29.2 Å². The Hall–Kier alpha value is -5.93. The molecule has 14 nitrogen and oxygen atoms in total. The summed E-state index contributed by atoms with van der Waals surface area (Å²) in [6.07, 6.45) is 2.13. The number of hydrogen-bond acceptors (Lipinski definition) is 15. The number of anilines is 2. The third-order valence-corrected chi connectivity index (χ3v) is 23.0. The molecule has 0 aliphatic rings. The zero-order chi connectivity index (χ0) is 59.0. The maximum atomic E-state index is 15.2. The van der Waals surface area contributed by atoms with Gasteiger partial charge >= 0.3 is 5.97 Å². The van der Waals surface area contributed by atoms with Crippen molar-refractivity contribution in [2.75, 3.05) is 93.2 Å². The fourth-order valence-electron chi connectivity index (χ4n) is 9.58. The number of likely N-dealkylation sites (N-methyl/N-ethyl adjacent to an activating group) is 2. The van der Waals surface area contributed by atoms with E-state index < -0.39 is 28.2 Å². The SMILES string of the molecule is COC(=O)c1nc(N(CCCC(CN(C)CCN(C)C)O[Si](c2ccccc2)(c2ccccc2)C(C)(C)C)c2cc(C)c(/N=c3\sc4ccccc4n3COCC[Si](C)(C)C)nn2)sc1CCCOc1ccc(C#CCN(C)C)cc1F. The number of aryl methyl sites for hydroxylation is 2. The number of hydrogen-bond donors (Lipinski definition) is 0. The molecule has 7 aromatic rings. The maximum Gasteiger partial charge on any atom is 0.357 e. The first-order valence-electron chi connectivity index (χ1n) is 28.2. The Bertz CT molecular complexity index is 3270. The van der Waals surface area contributed by atoms with Crippen LogP contribution in [0.3, 0.4) is 0 Å². The molecule has 7 rings (SSSR count). The van der Waals surface area contributed by atoms with Crippen LogP contribution in [0.15, 0.2) is 114 Å². The van der Waals surface area contributed by atoms with Crippen LogP contribution < -0.4 is 24.8 Å². The van der Waals surface area contributed by atoms with Crippen LogP contribution in [0.25, 0.3) is 10.2 Å². The van der Waals surface area contributed by atoms with Crippen molar-refractivity contribution in [3.05, 3.63) is 142 Å². The molecule has 0 saturated carbocycles. The Labute approximate surface area is 496 Å². The summed E-state index contributed by atoms with van der Waals surface area (Å²) < 4.78 is 43.9. The van der Waals surface area contributed by atoms with Gasteiger partial charge in [0.15, 0.2) is 38.8 Å². The van der Waals surface area contributed by atoms with E-state index in [0.717, 1.165) is 44.6 Å². The number of halogens is 1. The van der Waals surface area contributed by atoms with Crippen molar-refractivity contribution in [2.24, 2.45) is 4.99 Å². The number of carbonyl (C=O) groups is 1. The van der Waals surface area contributed by atoms with Gasteiger partial charge in [0.25, 0.3) is 8.32 Å². The zero-order valence-corrected chi connectivity index (χ0v) is 54.1. The van der Waals surface area contributed by atoms with Crippen molar-refractivity contribution < 1.29 is 27.8 Å². The lowest BCUT2D eigenvalue weighted by Crippen LogP contribution is -2.68.